The number of rotatable bonds is 19. The van der Waals surface area contributed by atoms with E-state index in [0.29, 0.717) is 93.2 Å². The molecule has 19 nitrogen and oxygen atoms in total. The number of aryl methyl sites for hydroxylation is 2. The molecule has 2 saturated heterocycles. The highest BCUT2D eigenvalue weighted by atomic mass is 32.1. The Hall–Kier alpha value is -7.29. The van der Waals surface area contributed by atoms with Crippen LogP contribution in [0, 0.1) is 12.3 Å². The number of fused-ring (bicyclic) bond motifs is 2. The molecule has 6 aromatic rings. The number of anilines is 3. The first-order chi connectivity index (χ1) is 37.3. The Morgan fingerprint density at radius 1 is 0.936 bits per heavy atom. The molecule has 0 unspecified atom stereocenters. The Bertz CT molecular complexity index is 3230. The molecule has 2 aromatic carbocycles. The van der Waals surface area contributed by atoms with Crippen LogP contribution in [0.25, 0.3) is 27.3 Å². The summed E-state index contributed by atoms with van der Waals surface area (Å²) >= 11 is 1.57. The smallest absolute Gasteiger partial charge is 0.278 e. The van der Waals surface area contributed by atoms with Gasteiger partial charge in [-0.15, -0.1) is 17.9 Å². The van der Waals surface area contributed by atoms with Crippen LogP contribution in [-0.2, 0) is 37.7 Å². The maximum atomic E-state index is 14.2. The van der Waals surface area contributed by atoms with Gasteiger partial charge in [0.05, 0.1) is 40.5 Å². The fourth-order valence-electron chi connectivity index (χ4n) is 10.9. The molecule has 5 atom stereocenters. The van der Waals surface area contributed by atoms with Gasteiger partial charge in [-0.05, 0) is 98.4 Å². The monoisotopic (exact) mass is 1080 g/mol. The summed E-state index contributed by atoms with van der Waals surface area (Å²) in [5.74, 6) is -0.208. The summed E-state index contributed by atoms with van der Waals surface area (Å²) in [6.45, 7) is 18.0. The van der Waals surface area contributed by atoms with Crippen LogP contribution in [0.2, 0.25) is 0 Å². The molecule has 3 aliphatic rings. The molecule has 412 valence electrons. The van der Waals surface area contributed by atoms with Gasteiger partial charge in [-0.2, -0.15) is 4.98 Å². The first-order valence-corrected chi connectivity index (χ1v) is 28.0. The Labute approximate surface area is 458 Å². The summed E-state index contributed by atoms with van der Waals surface area (Å²) in [6.07, 6.45) is 6.62. The molecular weight excluding hydrogens is 1010 g/mol. The van der Waals surface area contributed by atoms with E-state index in [4.69, 9.17) is 9.97 Å². The lowest BCUT2D eigenvalue weighted by Gasteiger charge is -2.36. The number of benzene rings is 2. The molecule has 0 radical (unpaired) electrons. The minimum absolute atomic E-state index is 0.0101. The SMILES string of the molecule is C=CCn1c(=O)c2cnc(Nc3ccc(N4CCN(C(=O)CCCCCC(=O)N[C@H](C(=O)N5C[C@H](O)C[C@H]5C(=O)N[C@@H](C)c5ccc(-c6scnc6C)cc5)C(C)(C)C)CC4)cc3)nc2n1-c1ccc2c(n1)[C@@](O)(CC)CC2. The largest absolute Gasteiger partial charge is 0.391 e. The van der Waals surface area contributed by atoms with E-state index in [-0.39, 0.29) is 55.3 Å². The normalized spacial score (nSPS) is 19.2. The number of carbonyl (C=O) groups is 4. The third-order valence-corrected chi connectivity index (χ3v) is 16.4. The number of aliphatic hydroxyl groups is 2. The zero-order valence-electron chi connectivity index (χ0n) is 45.5. The molecule has 5 N–H and O–H groups in total. The van der Waals surface area contributed by atoms with Gasteiger partial charge in [-0.1, -0.05) is 70.5 Å². The zero-order valence-corrected chi connectivity index (χ0v) is 46.3. The van der Waals surface area contributed by atoms with Crippen molar-refractivity contribution in [1.29, 1.82) is 0 Å². The number of carbonyl (C=O) groups excluding carboxylic acids is 4. The fourth-order valence-corrected chi connectivity index (χ4v) is 11.7. The van der Waals surface area contributed by atoms with Crippen molar-refractivity contribution >= 4 is 63.3 Å². The number of nitrogens with one attached hydrogen (secondary N) is 3. The maximum absolute atomic E-state index is 14.2. The van der Waals surface area contributed by atoms with Crippen LogP contribution < -0.4 is 26.4 Å². The molecule has 4 aromatic heterocycles. The Morgan fingerprint density at radius 3 is 2.35 bits per heavy atom. The third kappa shape index (κ3) is 11.9. The van der Waals surface area contributed by atoms with Crippen molar-refractivity contribution in [3.63, 3.8) is 0 Å². The number of hydrogen-bond donors (Lipinski definition) is 5. The van der Waals surface area contributed by atoms with Gasteiger partial charge in [0.15, 0.2) is 11.5 Å². The van der Waals surface area contributed by atoms with Crippen molar-refractivity contribution in [1.82, 2.24) is 49.7 Å². The van der Waals surface area contributed by atoms with Gasteiger partial charge in [-0.3, -0.25) is 24.0 Å². The zero-order chi connectivity index (χ0) is 55.5. The number of amides is 4. The van der Waals surface area contributed by atoms with Gasteiger partial charge in [0.25, 0.3) is 5.56 Å². The molecule has 78 heavy (non-hydrogen) atoms. The van der Waals surface area contributed by atoms with E-state index in [1.165, 1.54) is 15.8 Å². The second kappa shape index (κ2) is 23.4. The van der Waals surface area contributed by atoms with Crippen LogP contribution in [0.1, 0.15) is 115 Å². The number of likely N-dealkylation sites (tertiary alicyclic amines) is 1. The number of aromatic nitrogens is 6. The molecule has 0 bridgehead atoms. The predicted molar refractivity (Wildman–Crippen MR) is 302 cm³/mol. The summed E-state index contributed by atoms with van der Waals surface area (Å²) in [6, 6.07) is 17.5. The van der Waals surface area contributed by atoms with Crippen molar-refractivity contribution in [2.24, 2.45) is 5.41 Å². The molecule has 4 amide bonds. The van der Waals surface area contributed by atoms with Gasteiger partial charge in [-0.25, -0.2) is 24.3 Å². The number of piperazine rings is 1. The second-order valence-electron chi connectivity index (χ2n) is 22.0. The number of β-amino-alcohol motifs (C(OH)–C–C–N with tert-alkyl or cyclic N) is 1. The lowest BCUT2D eigenvalue weighted by molar-refractivity contribution is -0.144. The van der Waals surface area contributed by atoms with Crippen LogP contribution in [0.4, 0.5) is 17.3 Å². The summed E-state index contributed by atoms with van der Waals surface area (Å²) < 4.78 is 3.19. The van der Waals surface area contributed by atoms with E-state index < -0.39 is 35.1 Å². The second-order valence-corrected chi connectivity index (χ2v) is 22.8. The quantitative estimate of drug-likeness (QED) is 0.0413. The minimum atomic E-state index is -1.02. The lowest BCUT2D eigenvalue weighted by atomic mass is 9.85. The standard InChI is InChI=1S/C58H72N12O7S/c1-8-27-69-54(75)44-33-59-56(65-52(44)70(69)46-24-19-40-25-26-58(77,9-2)50(40)63-46)62-41-20-22-42(23-21-41)66-28-30-67(31-29-66)48(73)14-12-10-11-13-47(72)64-51(57(5,6)7)55(76)68-34-43(71)32-45(68)53(74)61-36(3)38-15-17-39(18-16-38)49-37(4)60-35-78-49/h8,15-24,33,35-36,43,45,51,71,77H,1,9-14,25-32,34H2,2-7H3,(H,61,74)(H,64,72)(H,59,62,65)/t36-,43+,45-,51+,58+/m0/s1. The summed E-state index contributed by atoms with van der Waals surface area (Å²) in [4.78, 5) is 93.3. The molecule has 2 aliphatic heterocycles. The number of hydrogen-bond acceptors (Lipinski definition) is 14. The van der Waals surface area contributed by atoms with E-state index in [1.807, 2.05) is 113 Å². The highest BCUT2D eigenvalue weighted by Crippen LogP contribution is 2.39. The third-order valence-electron chi connectivity index (χ3n) is 15.5. The van der Waals surface area contributed by atoms with Crippen LogP contribution in [0.3, 0.4) is 0 Å². The fraction of sp³-hybridized carbons (Fsp3) is 0.466. The van der Waals surface area contributed by atoms with Gasteiger partial charge in [0, 0.05) is 69.6 Å². The Balaban J connectivity index is 0.719. The number of pyridine rings is 1. The number of aliphatic hydroxyl groups excluding tert-OH is 1. The van der Waals surface area contributed by atoms with E-state index in [9.17, 15) is 34.2 Å². The summed E-state index contributed by atoms with van der Waals surface area (Å²) in [7, 11) is 0. The van der Waals surface area contributed by atoms with E-state index in [0.717, 1.165) is 45.1 Å². The van der Waals surface area contributed by atoms with Gasteiger partial charge in [0.2, 0.25) is 29.6 Å². The van der Waals surface area contributed by atoms with E-state index >= 15 is 0 Å². The van der Waals surface area contributed by atoms with Crippen LogP contribution in [-0.4, -0.2) is 124 Å². The Kier molecular flexibility index (Phi) is 16.6. The van der Waals surface area contributed by atoms with Crippen molar-refractivity contribution in [3.05, 3.63) is 118 Å². The molecular formula is C58H72N12O7S. The van der Waals surface area contributed by atoms with Crippen LogP contribution in [0.15, 0.2) is 89.8 Å². The average Bonchev–Trinajstić information content (AvgIpc) is 4.28. The van der Waals surface area contributed by atoms with Crippen molar-refractivity contribution in [2.75, 3.05) is 42.9 Å². The summed E-state index contributed by atoms with van der Waals surface area (Å²) in [5, 5.41) is 31.6. The number of unbranched alkanes of at least 4 members (excludes halogenated alkanes) is 2. The maximum Gasteiger partial charge on any atom is 0.278 e. The molecule has 1 aliphatic carbocycles. The first-order valence-electron chi connectivity index (χ1n) is 27.2. The van der Waals surface area contributed by atoms with E-state index in [2.05, 4.69) is 37.4 Å². The van der Waals surface area contributed by atoms with Crippen molar-refractivity contribution < 1.29 is 29.4 Å². The van der Waals surface area contributed by atoms with Crippen LogP contribution >= 0.6 is 11.3 Å². The van der Waals surface area contributed by atoms with Gasteiger partial charge >= 0.3 is 0 Å². The van der Waals surface area contributed by atoms with E-state index in [1.54, 1.807) is 22.1 Å². The topological polar surface area (TPSA) is 233 Å². The summed E-state index contributed by atoms with van der Waals surface area (Å²) in [5.41, 5.74) is 6.51. The predicted octanol–water partition coefficient (Wildman–Crippen LogP) is 6.85. The Morgan fingerprint density at radius 2 is 1.67 bits per heavy atom. The molecule has 0 spiro atoms. The number of thiazole rings is 1. The van der Waals surface area contributed by atoms with Crippen molar-refractivity contribution in [3.8, 4) is 16.3 Å². The molecule has 0 saturated carbocycles. The first kappa shape index (κ1) is 55.5. The number of allylic oxidation sites excluding steroid dienone is 1. The van der Waals surface area contributed by atoms with Crippen molar-refractivity contribution in [2.45, 2.75) is 136 Å². The highest BCUT2D eigenvalue weighted by Gasteiger charge is 2.45. The lowest BCUT2D eigenvalue weighted by Crippen LogP contribution is -2.57. The minimum Gasteiger partial charge on any atom is -0.391 e. The molecule has 2 fully saturated rings. The van der Waals surface area contributed by atoms with Gasteiger partial charge < -0.3 is 40.9 Å². The number of nitrogens with zero attached hydrogens (tertiary/aromatic N) is 9. The average molecular weight is 1080 g/mol. The molecule has 20 heteroatoms. The van der Waals surface area contributed by atoms with Gasteiger partial charge in [0.1, 0.15) is 23.1 Å². The van der Waals surface area contributed by atoms with Crippen LogP contribution in [0.5, 0.6) is 0 Å². The molecule has 9 rings (SSSR count). The highest BCUT2D eigenvalue weighted by molar-refractivity contribution is 7.13. The molecule has 6 heterocycles.